The Morgan fingerprint density at radius 1 is 1.43 bits per heavy atom. The molecule has 0 aromatic rings. The van der Waals surface area contributed by atoms with Gasteiger partial charge in [0.1, 0.15) is 6.29 Å². The van der Waals surface area contributed by atoms with E-state index in [4.69, 9.17) is 0 Å². The SMILES string of the molecule is CCCC(C)(C=O)CN(CC)C1CC1. The van der Waals surface area contributed by atoms with Crippen LogP contribution in [0, 0.1) is 5.41 Å². The third-order valence-corrected chi connectivity index (χ3v) is 3.14. The topological polar surface area (TPSA) is 20.3 Å². The molecule has 1 aliphatic rings. The molecule has 1 atom stereocenters. The summed E-state index contributed by atoms with van der Waals surface area (Å²) in [6.07, 6.45) is 5.92. The highest BCUT2D eigenvalue weighted by atomic mass is 16.1. The van der Waals surface area contributed by atoms with E-state index in [0.717, 1.165) is 38.3 Å². The molecular formula is C12H23NO. The molecular weight excluding hydrogens is 174 g/mol. The average Bonchev–Trinajstić information content (AvgIpc) is 2.98. The van der Waals surface area contributed by atoms with E-state index < -0.39 is 0 Å². The Balaban J connectivity index is 2.47. The van der Waals surface area contributed by atoms with Crippen LogP contribution >= 0.6 is 0 Å². The molecule has 0 heterocycles. The maximum Gasteiger partial charge on any atom is 0.127 e. The van der Waals surface area contributed by atoms with E-state index in [1.165, 1.54) is 12.8 Å². The maximum atomic E-state index is 11.1. The fourth-order valence-corrected chi connectivity index (χ4v) is 2.15. The Hall–Kier alpha value is -0.370. The Morgan fingerprint density at radius 2 is 2.07 bits per heavy atom. The first kappa shape index (κ1) is 11.7. The van der Waals surface area contributed by atoms with Crippen molar-refractivity contribution < 1.29 is 4.79 Å². The van der Waals surface area contributed by atoms with E-state index in [9.17, 15) is 4.79 Å². The van der Waals surface area contributed by atoms with Crippen LogP contribution in [0.4, 0.5) is 0 Å². The molecule has 2 nitrogen and oxygen atoms in total. The predicted molar refractivity (Wildman–Crippen MR) is 59.3 cm³/mol. The van der Waals surface area contributed by atoms with E-state index in [0.29, 0.717) is 0 Å². The van der Waals surface area contributed by atoms with Crippen molar-refractivity contribution in [3.05, 3.63) is 0 Å². The minimum Gasteiger partial charge on any atom is -0.303 e. The highest BCUT2D eigenvalue weighted by Crippen LogP contribution is 2.31. The molecule has 0 aromatic carbocycles. The largest absolute Gasteiger partial charge is 0.303 e. The van der Waals surface area contributed by atoms with E-state index in [1.54, 1.807) is 0 Å². The quantitative estimate of drug-likeness (QED) is 0.584. The van der Waals surface area contributed by atoms with Crippen molar-refractivity contribution in [3.63, 3.8) is 0 Å². The van der Waals surface area contributed by atoms with Gasteiger partial charge in [0.25, 0.3) is 0 Å². The van der Waals surface area contributed by atoms with Crippen LogP contribution in [-0.4, -0.2) is 30.3 Å². The van der Waals surface area contributed by atoms with Crippen LogP contribution in [0.1, 0.15) is 46.5 Å². The Labute approximate surface area is 87.7 Å². The molecule has 1 saturated carbocycles. The molecule has 1 rings (SSSR count). The number of aldehydes is 1. The van der Waals surface area contributed by atoms with Crippen molar-refractivity contribution in [1.29, 1.82) is 0 Å². The normalized spacial score (nSPS) is 20.9. The molecule has 0 N–H and O–H groups in total. The molecule has 1 aliphatic carbocycles. The number of rotatable bonds is 7. The average molecular weight is 197 g/mol. The fraction of sp³-hybridized carbons (Fsp3) is 0.917. The zero-order chi connectivity index (χ0) is 10.6. The number of hydrogen-bond acceptors (Lipinski definition) is 2. The van der Waals surface area contributed by atoms with Crippen LogP contribution in [0.2, 0.25) is 0 Å². The predicted octanol–water partition coefficient (Wildman–Crippen LogP) is 2.48. The third kappa shape index (κ3) is 3.09. The number of carbonyl (C=O) groups excluding carboxylic acids is 1. The molecule has 82 valence electrons. The molecule has 1 unspecified atom stereocenters. The Morgan fingerprint density at radius 3 is 2.43 bits per heavy atom. The summed E-state index contributed by atoms with van der Waals surface area (Å²) >= 11 is 0. The highest BCUT2D eigenvalue weighted by molar-refractivity contribution is 5.59. The second kappa shape index (κ2) is 4.92. The smallest absolute Gasteiger partial charge is 0.127 e. The molecule has 0 aliphatic heterocycles. The Bertz CT molecular complexity index is 189. The minimum absolute atomic E-state index is 0.118. The number of nitrogens with zero attached hydrogens (tertiary/aromatic N) is 1. The van der Waals surface area contributed by atoms with Gasteiger partial charge in [0, 0.05) is 18.0 Å². The Kier molecular flexibility index (Phi) is 4.11. The summed E-state index contributed by atoms with van der Waals surface area (Å²) in [6.45, 7) is 8.46. The maximum absolute atomic E-state index is 11.1. The summed E-state index contributed by atoms with van der Waals surface area (Å²) in [4.78, 5) is 13.5. The van der Waals surface area contributed by atoms with Crippen LogP contribution in [0.3, 0.4) is 0 Å². The standard InChI is InChI=1S/C12H23NO/c1-4-8-12(3,10-14)9-13(5-2)11-6-7-11/h10-11H,4-9H2,1-3H3. The number of hydrogen-bond donors (Lipinski definition) is 0. The lowest BCUT2D eigenvalue weighted by atomic mass is 9.86. The van der Waals surface area contributed by atoms with Crippen LogP contribution in [0.25, 0.3) is 0 Å². The molecule has 0 amide bonds. The van der Waals surface area contributed by atoms with Crippen LogP contribution in [0.5, 0.6) is 0 Å². The minimum atomic E-state index is -0.118. The lowest BCUT2D eigenvalue weighted by molar-refractivity contribution is -0.116. The molecule has 0 saturated heterocycles. The van der Waals surface area contributed by atoms with Crippen molar-refractivity contribution in [2.24, 2.45) is 5.41 Å². The van der Waals surface area contributed by atoms with Gasteiger partial charge in [-0.05, 0) is 25.8 Å². The van der Waals surface area contributed by atoms with Gasteiger partial charge in [-0.2, -0.15) is 0 Å². The van der Waals surface area contributed by atoms with Crippen molar-refractivity contribution in [2.45, 2.75) is 52.5 Å². The molecule has 0 bridgehead atoms. The summed E-state index contributed by atoms with van der Waals surface area (Å²) in [7, 11) is 0. The third-order valence-electron chi connectivity index (χ3n) is 3.14. The zero-order valence-corrected chi connectivity index (χ0v) is 9.75. The van der Waals surface area contributed by atoms with Crippen molar-refractivity contribution in [2.75, 3.05) is 13.1 Å². The van der Waals surface area contributed by atoms with Gasteiger partial charge in [-0.25, -0.2) is 0 Å². The van der Waals surface area contributed by atoms with E-state index in [1.807, 2.05) is 0 Å². The van der Waals surface area contributed by atoms with Crippen LogP contribution in [-0.2, 0) is 4.79 Å². The first-order valence-corrected chi connectivity index (χ1v) is 5.85. The molecule has 2 heteroatoms. The van der Waals surface area contributed by atoms with Gasteiger partial charge < -0.3 is 4.79 Å². The second-order valence-corrected chi connectivity index (χ2v) is 4.82. The van der Waals surface area contributed by atoms with Crippen molar-refractivity contribution in [1.82, 2.24) is 4.90 Å². The molecule has 14 heavy (non-hydrogen) atoms. The zero-order valence-electron chi connectivity index (χ0n) is 9.75. The number of carbonyl (C=O) groups is 1. The van der Waals surface area contributed by atoms with E-state index in [2.05, 4.69) is 25.7 Å². The van der Waals surface area contributed by atoms with Crippen LogP contribution in [0.15, 0.2) is 0 Å². The van der Waals surface area contributed by atoms with Gasteiger partial charge in [0.2, 0.25) is 0 Å². The van der Waals surface area contributed by atoms with Gasteiger partial charge in [-0.1, -0.05) is 27.2 Å². The summed E-state index contributed by atoms with van der Waals surface area (Å²) < 4.78 is 0. The summed E-state index contributed by atoms with van der Waals surface area (Å²) in [5, 5.41) is 0. The first-order valence-electron chi connectivity index (χ1n) is 5.85. The lowest BCUT2D eigenvalue weighted by Crippen LogP contribution is -2.38. The van der Waals surface area contributed by atoms with E-state index >= 15 is 0 Å². The summed E-state index contributed by atoms with van der Waals surface area (Å²) in [5.41, 5.74) is -0.118. The summed E-state index contributed by atoms with van der Waals surface area (Å²) in [6, 6.07) is 0.774. The lowest BCUT2D eigenvalue weighted by Gasteiger charge is -2.30. The molecule has 0 radical (unpaired) electrons. The van der Waals surface area contributed by atoms with Gasteiger partial charge >= 0.3 is 0 Å². The fourth-order valence-electron chi connectivity index (χ4n) is 2.15. The van der Waals surface area contributed by atoms with Gasteiger partial charge in [-0.3, -0.25) is 4.90 Å². The summed E-state index contributed by atoms with van der Waals surface area (Å²) in [5.74, 6) is 0. The first-order chi connectivity index (χ1) is 6.65. The van der Waals surface area contributed by atoms with Gasteiger partial charge in [0.05, 0.1) is 0 Å². The van der Waals surface area contributed by atoms with Crippen molar-refractivity contribution >= 4 is 6.29 Å². The van der Waals surface area contributed by atoms with E-state index in [-0.39, 0.29) is 5.41 Å². The second-order valence-electron chi connectivity index (χ2n) is 4.82. The van der Waals surface area contributed by atoms with Gasteiger partial charge in [-0.15, -0.1) is 0 Å². The van der Waals surface area contributed by atoms with Crippen molar-refractivity contribution in [3.8, 4) is 0 Å². The highest BCUT2D eigenvalue weighted by Gasteiger charge is 2.33. The van der Waals surface area contributed by atoms with Crippen LogP contribution < -0.4 is 0 Å². The monoisotopic (exact) mass is 197 g/mol. The molecule has 0 aromatic heterocycles. The van der Waals surface area contributed by atoms with Gasteiger partial charge in [0.15, 0.2) is 0 Å². The molecule has 0 spiro atoms. The molecule has 1 fully saturated rings.